The van der Waals surface area contributed by atoms with Gasteiger partial charge in [0.1, 0.15) is 6.61 Å². The fourth-order valence-corrected chi connectivity index (χ4v) is 9.70. The van der Waals surface area contributed by atoms with Gasteiger partial charge in [-0.15, -0.1) is 0 Å². The Morgan fingerprint density at radius 2 is 0.652 bits per heavy atom. The van der Waals surface area contributed by atoms with E-state index in [1.54, 1.807) is 0 Å². The topological polar surface area (TPSA) is 134 Å². The van der Waals surface area contributed by atoms with E-state index >= 15 is 0 Å². The fraction of sp³-hybridized carbons (Fsp3) is 0.964. The number of rotatable bonds is 56. The summed E-state index contributed by atoms with van der Waals surface area (Å²) in [5.74, 6) is -0.803. The van der Waals surface area contributed by atoms with Crippen LogP contribution in [0.4, 0.5) is 0 Å². The van der Waals surface area contributed by atoms with E-state index in [-0.39, 0.29) is 38.6 Å². The van der Waals surface area contributed by atoms with Crippen LogP contribution in [0.25, 0.3) is 0 Å². The lowest BCUT2D eigenvalue weighted by Crippen LogP contribution is -2.29. The minimum absolute atomic E-state index is 0.0585. The van der Waals surface area contributed by atoms with E-state index in [0.717, 1.165) is 32.1 Å². The van der Waals surface area contributed by atoms with Crippen molar-refractivity contribution in [2.45, 2.75) is 322 Å². The number of phosphoric acid groups is 1. The Kier molecular flexibility index (Phi) is 52.6. The van der Waals surface area contributed by atoms with Crippen molar-refractivity contribution in [1.82, 2.24) is 0 Å². The van der Waals surface area contributed by atoms with E-state index in [1.165, 1.54) is 250 Å². The van der Waals surface area contributed by atoms with Crippen molar-refractivity contribution in [2.24, 2.45) is 5.73 Å². The van der Waals surface area contributed by atoms with Crippen molar-refractivity contribution in [3.63, 3.8) is 0 Å². The Balaban J connectivity index is 3.87. The van der Waals surface area contributed by atoms with E-state index in [1.807, 2.05) is 0 Å². The molecular formula is C56H112NO8P. The van der Waals surface area contributed by atoms with Gasteiger partial charge in [-0.1, -0.05) is 290 Å². The van der Waals surface area contributed by atoms with E-state index in [4.69, 9.17) is 24.3 Å². The van der Waals surface area contributed by atoms with Crippen molar-refractivity contribution in [3.8, 4) is 0 Å². The first-order valence-electron chi connectivity index (χ1n) is 29.0. The molecule has 0 saturated carbocycles. The quantitative estimate of drug-likeness (QED) is 0.0347. The summed E-state index contributed by atoms with van der Waals surface area (Å²) in [4.78, 5) is 35.1. The van der Waals surface area contributed by atoms with E-state index in [9.17, 15) is 19.0 Å². The number of hydrogen-bond acceptors (Lipinski definition) is 8. The second-order valence-electron chi connectivity index (χ2n) is 19.9. The maximum absolute atomic E-state index is 12.7. The first kappa shape index (κ1) is 65.0. The predicted octanol–water partition coefficient (Wildman–Crippen LogP) is 17.9. The number of nitrogens with two attached hydrogens (primary N) is 1. The molecule has 0 rings (SSSR count). The first-order chi connectivity index (χ1) is 32.3. The average Bonchev–Trinajstić information content (AvgIpc) is 3.31. The molecule has 0 spiro atoms. The lowest BCUT2D eigenvalue weighted by atomic mass is 10.0. The molecule has 0 aliphatic carbocycles. The summed E-state index contributed by atoms with van der Waals surface area (Å²) in [7, 11) is -4.38. The van der Waals surface area contributed by atoms with Crippen molar-refractivity contribution >= 4 is 19.8 Å². The normalized spacial score (nSPS) is 13.0. The number of carbonyl (C=O) groups excluding carboxylic acids is 2. The molecule has 0 aliphatic rings. The molecule has 0 heterocycles. The van der Waals surface area contributed by atoms with Crippen LogP contribution in [0.1, 0.15) is 316 Å². The smallest absolute Gasteiger partial charge is 0.462 e. The monoisotopic (exact) mass is 958 g/mol. The van der Waals surface area contributed by atoms with E-state index in [2.05, 4.69) is 13.8 Å². The van der Waals surface area contributed by atoms with E-state index in [0.29, 0.717) is 6.42 Å². The molecule has 0 aromatic rings. The Morgan fingerprint density at radius 1 is 0.394 bits per heavy atom. The third kappa shape index (κ3) is 52.4. The Morgan fingerprint density at radius 3 is 0.924 bits per heavy atom. The third-order valence-electron chi connectivity index (χ3n) is 13.2. The van der Waals surface area contributed by atoms with Gasteiger partial charge in [-0.3, -0.25) is 18.6 Å². The molecule has 9 nitrogen and oxygen atoms in total. The van der Waals surface area contributed by atoms with Crippen molar-refractivity contribution in [3.05, 3.63) is 0 Å². The van der Waals surface area contributed by atoms with Gasteiger partial charge in [0, 0.05) is 19.4 Å². The van der Waals surface area contributed by atoms with E-state index < -0.39 is 26.5 Å². The fourth-order valence-electron chi connectivity index (χ4n) is 8.93. The van der Waals surface area contributed by atoms with Gasteiger partial charge in [-0.05, 0) is 12.8 Å². The summed E-state index contributed by atoms with van der Waals surface area (Å²) < 4.78 is 33.0. The highest BCUT2D eigenvalue weighted by Crippen LogP contribution is 2.43. The van der Waals surface area contributed by atoms with Gasteiger partial charge in [-0.25, -0.2) is 4.57 Å². The van der Waals surface area contributed by atoms with Crippen molar-refractivity contribution in [2.75, 3.05) is 26.4 Å². The van der Waals surface area contributed by atoms with Gasteiger partial charge in [-0.2, -0.15) is 0 Å². The molecule has 394 valence electrons. The summed E-state index contributed by atoms with van der Waals surface area (Å²) in [6.07, 6.45) is 58.8. The molecule has 2 atom stereocenters. The molecule has 0 saturated heterocycles. The number of phosphoric ester groups is 1. The van der Waals surface area contributed by atoms with Crippen molar-refractivity contribution < 1.29 is 37.6 Å². The molecule has 0 bridgehead atoms. The van der Waals surface area contributed by atoms with Gasteiger partial charge in [0.15, 0.2) is 6.10 Å². The predicted molar refractivity (Wildman–Crippen MR) is 280 cm³/mol. The van der Waals surface area contributed by atoms with Crippen LogP contribution in [0.3, 0.4) is 0 Å². The number of hydrogen-bond donors (Lipinski definition) is 2. The summed E-state index contributed by atoms with van der Waals surface area (Å²) >= 11 is 0. The Labute approximate surface area is 409 Å². The standard InChI is InChI=1S/C56H112NO8P/c1-3-5-7-9-11-13-15-17-19-21-22-23-24-25-26-27-28-29-30-31-33-35-37-39-41-43-45-47-49-56(59)65-54(53-64-66(60,61)63-51-50-57)52-62-55(58)48-46-44-42-40-38-36-34-32-20-18-16-14-12-10-8-6-4-2/h54H,3-53,57H2,1-2H3,(H,60,61). The molecule has 0 aromatic carbocycles. The van der Waals surface area contributed by atoms with Crippen molar-refractivity contribution in [1.29, 1.82) is 0 Å². The van der Waals surface area contributed by atoms with Crippen LogP contribution in [0.15, 0.2) is 0 Å². The van der Waals surface area contributed by atoms with Crippen LogP contribution in [0.2, 0.25) is 0 Å². The lowest BCUT2D eigenvalue weighted by molar-refractivity contribution is -0.161. The second kappa shape index (κ2) is 53.4. The maximum atomic E-state index is 12.7. The molecule has 0 fully saturated rings. The van der Waals surface area contributed by atoms with Crippen LogP contribution in [-0.4, -0.2) is 49.3 Å². The molecule has 0 amide bonds. The Bertz CT molecular complexity index is 1050. The SMILES string of the molecule is CCCCCCCCCCCCCCCCCCCCCCCCCCCCCCC(=O)OC(COC(=O)CCCCCCCCCCCCCCCCCCC)COP(=O)(O)OCCN. The van der Waals surface area contributed by atoms with Crippen LogP contribution in [0, 0.1) is 0 Å². The molecule has 0 radical (unpaired) electrons. The maximum Gasteiger partial charge on any atom is 0.472 e. The first-order valence-corrected chi connectivity index (χ1v) is 30.5. The van der Waals surface area contributed by atoms with Crippen LogP contribution < -0.4 is 5.73 Å². The molecule has 0 aromatic heterocycles. The number of unbranched alkanes of at least 4 members (excludes halogenated alkanes) is 43. The zero-order valence-electron chi connectivity index (χ0n) is 44.0. The molecule has 0 aliphatic heterocycles. The lowest BCUT2D eigenvalue weighted by Gasteiger charge is -2.19. The Hall–Kier alpha value is -0.990. The number of carbonyl (C=O) groups is 2. The zero-order chi connectivity index (χ0) is 48.1. The molecular weight excluding hydrogens is 846 g/mol. The van der Waals surface area contributed by atoms with Gasteiger partial charge in [0.25, 0.3) is 0 Å². The largest absolute Gasteiger partial charge is 0.472 e. The molecule has 66 heavy (non-hydrogen) atoms. The van der Waals surface area contributed by atoms with Gasteiger partial charge < -0.3 is 20.1 Å². The highest BCUT2D eigenvalue weighted by atomic mass is 31.2. The van der Waals surface area contributed by atoms with Gasteiger partial charge >= 0.3 is 19.8 Å². The minimum Gasteiger partial charge on any atom is -0.462 e. The van der Waals surface area contributed by atoms with Gasteiger partial charge in [0.05, 0.1) is 13.2 Å². The average molecular weight is 958 g/mol. The summed E-state index contributed by atoms with van der Waals surface area (Å²) in [5.41, 5.74) is 5.38. The number of esters is 2. The summed E-state index contributed by atoms with van der Waals surface area (Å²) in [6, 6.07) is 0. The molecule has 3 N–H and O–H groups in total. The van der Waals surface area contributed by atoms with Crippen LogP contribution in [-0.2, 0) is 32.7 Å². The number of ether oxygens (including phenoxy) is 2. The molecule has 10 heteroatoms. The van der Waals surface area contributed by atoms with Gasteiger partial charge in [0.2, 0.25) is 0 Å². The van der Waals surface area contributed by atoms with Crippen LogP contribution >= 0.6 is 7.82 Å². The van der Waals surface area contributed by atoms with Crippen LogP contribution in [0.5, 0.6) is 0 Å². The third-order valence-corrected chi connectivity index (χ3v) is 14.2. The highest BCUT2D eigenvalue weighted by molar-refractivity contribution is 7.47. The second-order valence-corrected chi connectivity index (χ2v) is 21.3. The highest BCUT2D eigenvalue weighted by Gasteiger charge is 2.26. The minimum atomic E-state index is -4.38. The molecule has 2 unspecified atom stereocenters. The summed E-state index contributed by atoms with van der Waals surface area (Å²) in [5, 5.41) is 0. The summed E-state index contributed by atoms with van der Waals surface area (Å²) in [6.45, 7) is 3.82. The zero-order valence-corrected chi connectivity index (χ0v) is 44.9.